The Bertz CT molecular complexity index is 108. The smallest absolute Gasteiger partial charge is 0.342 e. The fourth-order valence-electron chi connectivity index (χ4n) is 0.0552. The summed E-state index contributed by atoms with van der Waals surface area (Å²) in [5, 5.41) is 9.10. The Hall–Kier alpha value is -0.0900. The zero-order chi connectivity index (χ0) is 5.86. The van der Waals surface area contributed by atoms with Gasteiger partial charge in [0.05, 0.1) is 4.91 Å². The molecule has 40 valence electrons. The maximum absolute atomic E-state index is 9.74. The molecule has 0 bridgehead atoms. The summed E-state index contributed by atoms with van der Waals surface area (Å²) in [6.45, 7) is 0. The number of carboxylic acid groups (broad SMARTS) is 1. The molecule has 0 saturated carbocycles. The normalized spacial score (nSPS) is 11.4. The first-order chi connectivity index (χ1) is 3.18. The summed E-state index contributed by atoms with van der Waals surface area (Å²) in [7, 11) is 0. The monoisotopic (exact) mass is 136 g/mol. The number of carbonyl (C=O) groups is 1. The van der Waals surface area contributed by atoms with E-state index in [4.69, 9.17) is 5.11 Å². The Morgan fingerprint density at radius 1 is 1.71 bits per heavy atom. The molecule has 0 fully saturated rings. The van der Waals surface area contributed by atoms with Crippen molar-refractivity contribution in [1.82, 2.24) is 0 Å². The van der Waals surface area contributed by atoms with E-state index in [1.807, 2.05) is 0 Å². The average molecular weight is 136 g/mol. The number of aliphatic carboxylic acids is 1. The van der Waals surface area contributed by atoms with E-state index in [2.05, 4.69) is 25.3 Å². The summed E-state index contributed by atoms with van der Waals surface area (Å²) in [6, 6.07) is 0. The van der Waals surface area contributed by atoms with Crippen LogP contribution in [-0.2, 0) is 4.79 Å². The van der Waals surface area contributed by atoms with Crippen LogP contribution in [0.4, 0.5) is 0 Å². The van der Waals surface area contributed by atoms with Crippen LogP contribution in [-0.4, -0.2) is 11.1 Å². The predicted molar refractivity (Wildman–Crippen MR) is 33.7 cm³/mol. The van der Waals surface area contributed by atoms with Crippen LogP contribution in [0.1, 0.15) is 0 Å². The van der Waals surface area contributed by atoms with Crippen molar-refractivity contribution in [3.8, 4) is 0 Å². The van der Waals surface area contributed by atoms with Crippen molar-refractivity contribution >= 4 is 31.2 Å². The third-order valence-corrected chi connectivity index (χ3v) is 1.12. The van der Waals surface area contributed by atoms with E-state index < -0.39 is 5.97 Å². The highest BCUT2D eigenvalue weighted by atomic mass is 32.1. The molecule has 0 spiro atoms. The molecular formula is C3H4O2S2. The van der Waals surface area contributed by atoms with Crippen molar-refractivity contribution in [2.45, 2.75) is 0 Å². The number of hydrogen-bond acceptors (Lipinski definition) is 3. The highest BCUT2D eigenvalue weighted by molar-refractivity contribution is 7.88. The highest BCUT2D eigenvalue weighted by Gasteiger charge is 1.95. The minimum atomic E-state index is -1.06. The standard InChI is InChI=1S/C3H4O2S2/c4-3(5)2(7)1-6/h1,6-7H,(H,4,5)/b2-1-. The van der Waals surface area contributed by atoms with Crippen molar-refractivity contribution in [2.75, 3.05) is 0 Å². The van der Waals surface area contributed by atoms with Crippen LogP contribution in [0.5, 0.6) is 0 Å². The summed E-state index contributed by atoms with van der Waals surface area (Å²) < 4.78 is 0. The minimum Gasteiger partial charge on any atom is -0.477 e. The lowest BCUT2D eigenvalue weighted by Crippen LogP contribution is -1.91. The fraction of sp³-hybridized carbons (Fsp3) is 0. The van der Waals surface area contributed by atoms with Gasteiger partial charge < -0.3 is 5.11 Å². The first-order valence-corrected chi connectivity index (χ1v) is 2.41. The van der Waals surface area contributed by atoms with Gasteiger partial charge in [0.2, 0.25) is 0 Å². The van der Waals surface area contributed by atoms with E-state index in [0.29, 0.717) is 0 Å². The zero-order valence-electron chi connectivity index (χ0n) is 3.33. The molecule has 7 heavy (non-hydrogen) atoms. The molecule has 0 saturated heterocycles. The zero-order valence-corrected chi connectivity index (χ0v) is 5.12. The van der Waals surface area contributed by atoms with E-state index in [1.54, 1.807) is 0 Å². The Morgan fingerprint density at radius 3 is 2.14 bits per heavy atom. The number of thiol groups is 2. The van der Waals surface area contributed by atoms with Crippen molar-refractivity contribution in [1.29, 1.82) is 0 Å². The molecule has 0 heterocycles. The SMILES string of the molecule is O=C(O)/C(S)=C/S. The first-order valence-electron chi connectivity index (χ1n) is 1.45. The van der Waals surface area contributed by atoms with Crippen LogP contribution in [0.3, 0.4) is 0 Å². The second-order valence-electron chi connectivity index (χ2n) is 0.819. The van der Waals surface area contributed by atoms with Crippen LogP contribution >= 0.6 is 25.3 Å². The lowest BCUT2D eigenvalue weighted by Gasteiger charge is -1.82. The van der Waals surface area contributed by atoms with Crippen molar-refractivity contribution < 1.29 is 9.90 Å². The molecule has 4 heteroatoms. The fourth-order valence-corrected chi connectivity index (χ4v) is 0.166. The average Bonchev–Trinajstić information content (AvgIpc) is 1.65. The van der Waals surface area contributed by atoms with Gasteiger partial charge in [-0.15, -0.1) is 25.3 Å². The van der Waals surface area contributed by atoms with Gasteiger partial charge in [0, 0.05) is 0 Å². The molecule has 0 amide bonds. The van der Waals surface area contributed by atoms with E-state index in [-0.39, 0.29) is 4.91 Å². The third-order valence-electron chi connectivity index (χ3n) is 0.341. The lowest BCUT2D eigenvalue weighted by atomic mass is 10.7. The maximum atomic E-state index is 9.74. The van der Waals surface area contributed by atoms with E-state index in [0.717, 1.165) is 5.41 Å². The third kappa shape index (κ3) is 2.59. The summed E-state index contributed by atoms with van der Waals surface area (Å²) in [5.41, 5.74) is 0. The van der Waals surface area contributed by atoms with Crippen LogP contribution in [0.25, 0.3) is 0 Å². The molecule has 0 aromatic carbocycles. The summed E-state index contributed by atoms with van der Waals surface area (Å²) in [4.78, 5) is 9.68. The molecule has 0 aromatic heterocycles. The largest absolute Gasteiger partial charge is 0.477 e. The number of hydrogen-bond donors (Lipinski definition) is 3. The number of rotatable bonds is 1. The molecule has 0 atom stereocenters. The van der Waals surface area contributed by atoms with Crippen LogP contribution in [0.2, 0.25) is 0 Å². The molecule has 0 radical (unpaired) electrons. The van der Waals surface area contributed by atoms with Crippen molar-refractivity contribution in [3.63, 3.8) is 0 Å². The van der Waals surface area contributed by atoms with Gasteiger partial charge in [-0.25, -0.2) is 4.79 Å². The van der Waals surface area contributed by atoms with E-state index >= 15 is 0 Å². The minimum absolute atomic E-state index is 0.0525. The molecule has 0 rings (SSSR count). The van der Waals surface area contributed by atoms with Crippen molar-refractivity contribution in [2.24, 2.45) is 0 Å². The van der Waals surface area contributed by atoms with E-state index in [9.17, 15) is 4.79 Å². The lowest BCUT2D eigenvalue weighted by molar-refractivity contribution is -0.131. The number of carboxylic acids is 1. The molecular weight excluding hydrogens is 132 g/mol. The van der Waals surface area contributed by atoms with Gasteiger partial charge in [-0.05, 0) is 5.41 Å². The van der Waals surface area contributed by atoms with Gasteiger partial charge >= 0.3 is 5.97 Å². The molecule has 1 N–H and O–H groups in total. The van der Waals surface area contributed by atoms with E-state index in [1.165, 1.54) is 0 Å². The van der Waals surface area contributed by atoms with Crippen LogP contribution in [0.15, 0.2) is 10.3 Å². The van der Waals surface area contributed by atoms with Gasteiger partial charge in [0.25, 0.3) is 0 Å². The van der Waals surface area contributed by atoms with Gasteiger partial charge in [-0.2, -0.15) is 0 Å². The Kier molecular flexibility index (Phi) is 2.95. The molecule has 0 aliphatic carbocycles. The summed E-state index contributed by atoms with van der Waals surface area (Å²) in [5.74, 6) is -1.06. The Balaban J connectivity index is 3.82. The molecule has 2 nitrogen and oxygen atoms in total. The molecule has 0 aliphatic rings. The van der Waals surface area contributed by atoms with Gasteiger partial charge in [0.1, 0.15) is 0 Å². The van der Waals surface area contributed by atoms with Gasteiger partial charge in [0.15, 0.2) is 0 Å². The topological polar surface area (TPSA) is 37.3 Å². The summed E-state index contributed by atoms with van der Waals surface area (Å²) >= 11 is 7.05. The second kappa shape index (κ2) is 2.98. The predicted octanol–water partition coefficient (Wildman–Crippen LogP) is 0.772. The van der Waals surface area contributed by atoms with Gasteiger partial charge in [-0.1, -0.05) is 0 Å². The first kappa shape index (κ1) is 6.91. The summed E-state index contributed by atoms with van der Waals surface area (Å²) in [6.07, 6.45) is 0. The second-order valence-corrected chi connectivity index (χ2v) is 1.56. The quantitative estimate of drug-likeness (QED) is 0.368. The van der Waals surface area contributed by atoms with Gasteiger partial charge in [-0.3, -0.25) is 0 Å². The Labute approximate surface area is 52.0 Å². The molecule has 0 unspecified atom stereocenters. The van der Waals surface area contributed by atoms with Crippen molar-refractivity contribution in [3.05, 3.63) is 10.3 Å². The highest BCUT2D eigenvalue weighted by Crippen LogP contribution is 1.99. The molecule has 0 aromatic rings. The maximum Gasteiger partial charge on any atom is 0.342 e. The molecule has 0 aliphatic heterocycles. The van der Waals surface area contributed by atoms with Crippen LogP contribution < -0.4 is 0 Å². The van der Waals surface area contributed by atoms with Crippen LogP contribution in [0, 0.1) is 0 Å². The Morgan fingerprint density at radius 2 is 2.14 bits per heavy atom.